The highest BCUT2D eigenvalue weighted by Crippen LogP contribution is 2.47. The number of ether oxygens (including phenoxy) is 1. The number of nitrogens with zero attached hydrogens (tertiary/aromatic N) is 4. The van der Waals surface area contributed by atoms with Gasteiger partial charge in [-0.15, -0.1) is 0 Å². The van der Waals surface area contributed by atoms with Crippen molar-refractivity contribution in [3.63, 3.8) is 0 Å². The number of hydrogen-bond acceptors (Lipinski definition) is 4. The molecule has 3 heterocycles. The first-order chi connectivity index (χ1) is 37.2. The molecule has 1 aliphatic rings. The van der Waals surface area contributed by atoms with Crippen LogP contribution in [0.2, 0.25) is 0 Å². The molecule has 2 aromatic heterocycles. The van der Waals surface area contributed by atoms with Crippen molar-refractivity contribution in [2.24, 2.45) is 0 Å². The van der Waals surface area contributed by atoms with E-state index in [4.69, 9.17) is 9.72 Å². The van der Waals surface area contributed by atoms with Crippen LogP contribution in [0.3, 0.4) is 0 Å². The Kier molecular flexibility index (Phi) is 14.2. The minimum Gasteiger partial charge on any atom is -0.457 e. The molecule has 0 atom stereocenters. The lowest BCUT2D eigenvalue weighted by molar-refractivity contribution is 0.479. The lowest BCUT2D eigenvalue weighted by atomic mass is 9.73. The monoisotopic (exact) mass is 1040 g/mol. The molecule has 79 heavy (non-hydrogen) atoms. The van der Waals surface area contributed by atoms with E-state index in [0.29, 0.717) is 18.5 Å². The number of hydrogen-bond donors (Lipinski definition) is 0. The van der Waals surface area contributed by atoms with E-state index in [-0.39, 0.29) is 27.1 Å². The van der Waals surface area contributed by atoms with Crippen molar-refractivity contribution in [3.8, 4) is 17.3 Å². The minimum atomic E-state index is -0.271. The highest BCUT2D eigenvalue weighted by atomic mass is 16.5. The Hall–Kier alpha value is -7.37. The van der Waals surface area contributed by atoms with Crippen LogP contribution in [0.25, 0.3) is 33.3 Å². The molecule has 5 heteroatoms. The first-order valence-electron chi connectivity index (χ1n) is 28.8. The summed E-state index contributed by atoms with van der Waals surface area (Å²) in [6.45, 7) is 40.0. The molecule has 0 aliphatic carbocycles. The largest absolute Gasteiger partial charge is 0.457 e. The maximum atomic E-state index is 7.24. The van der Waals surface area contributed by atoms with Crippen molar-refractivity contribution >= 4 is 38.9 Å². The quantitative estimate of drug-likeness (QED) is 0.122. The zero-order valence-corrected chi connectivity index (χ0v) is 50.3. The summed E-state index contributed by atoms with van der Waals surface area (Å²) >= 11 is 0. The molecule has 5 nitrogen and oxygen atoms in total. The molecule has 0 radical (unpaired) electrons. The molecule has 7 aromatic carbocycles. The molecule has 406 valence electrons. The molecule has 0 saturated carbocycles. The second-order valence-electron chi connectivity index (χ2n) is 27.1. The zero-order chi connectivity index (χ0) is 56.6. The average Bonchev–Trinajstić information content (AvgIpc) is 4.23. The summed E-state index contributed by atoms with van der Waals surface area (Å²) in [5.41, 5.74) is 17.7. The first-order valence-corrected chi connectivity index (χ1v) is 28.8. The van der Waals surface area contributed by atoms with Gasteiger partial charge in [0.25, 0.3) is 0 Å². The van der Waals surface area contributed by atoms with E-state index in [1.807, 2.05) is 6.20 Å². The summed E-state index contributed by atoms with van der Waals surface area (Å²) in [4.78, 5) is 10.1. The Morgan fingerprint density at radius 1 is 0.430 bits per heavy atom. The fourth-order valence-corrected chi connectivity index (χ4v) is 11.6. The van der Waals surface area contributed by atoms with Gasteiger partial charge in [-0.25, -0.2) is 4.98 Å². The topological polar surface area (TPSA) is 33.5 Å². The van der Waals surface area contributed by atoms with Gasteiger partial charge in [0.15, 0.2) is 0 Å². The lowest BCUT2D eigenvalue weighted by Crippen LogP contribution is -2.29. The van der Waals surface area contributed by atoms with Crippen molar-refractivity contribution in [2.45, 2.75) is 157 Å². The molecule has 1 aliphatic heterocycles. The van der Waals surface area contributed by atoms with E-state index in [1.54, 1.807) is 0 Å². The molecular weight excluding hydrogens is 961 g/mol. The van der Waals surface area contributed by atoms with Crippen LogP contribution in [0, 0.1) is 0 Å². The Morgan fingerprint density at radius 3 is 1.54 bits per heavy atom. The SMILES string of the molecule is CC(C)c1cccc(C(C)C)c1C1=CN(c2cc(C(C)(C)c3ccccc3)cc(C(C)(C)c3ccccc3)c2)CN1c1cc(Oc2ccc3c4cc(C(C)(C)C)ccc4n(-c4cc(C(C)(C)C)ccn4)c3c2)cc(C(C)(C)C)c1. The van der Waals surface area contributed by atoms with E-state index in [9.17, 15) is 0 Å². The lowest BCUT2D eigenvalue weighted by Gasteiger charge is -2.33. The van der Waals surface area contributed by atoms with Gasteiger partial charge in [0.2, 0.25) is 0 Å². The van der Waals surface area contributed by atoms with E-state index >= 15 is 0 Å². The summed E-state index contributed by atoms with van der Waals surface area (Å²) in [5, 5.41) is 2.38. The maximum absolute atomic E-state index is 7.24. The average molecular weight is 1050 g/mol. The third-order valence-electron chi connectivity index (χ3n) is 16.9. The van der Waals surface area contributed by atoms with Crippen LogP contribution in [0.5, 0.6) is 11.5 Å². The molecule has 0 N–H and O–H groups in total. The van der Waals surface area contributed by atoms with Gasteiger partial charge < -0.3 is 14.5 Å². The first kappa shape index (κ1) is 55.0. The van der Waals surface area contributed by atoms with Gasteiger partial charge in [-0.1, -0.05) is 209 Å². The van der Waals surface area contributed by atoms with E-state index in [2.05, 4.69) is 302 Å². The zero-order valence-electron chi connectivity index (χ0n) is 50.3. The van der Waals surface area contributed by atoms with Crippen molar-refractivity contribution < 1.29 is 4.74 Å². The molecule has 0 saturated heterocycles. The molecule has 0 amide bonds. The molecule has 0 spiro atoms. The smallest absolute Gasteiger partial charge is 0.137 e. The number of pyridine rings is 1. The van der Waals surface area contributed by atoms with Crippen LogP contribution in [0.15, 0.2) is 176 Å². The predicted molar refractivity (Wildman–Crippen MR) is 337 cm³/mol. The van der Waals surface area contributed by atoms with E-state index in [1.165, 1.54) is 72.1 Å². The summed E-state index contributed by atoms with van der Waals surface area (Å²) in [6, 6.07) is 61.1. The summed E-state index contributed by atoms with van der Waals surface area (Å²) in [5.74, 6) is 3.07. The predicted octanol–water partition coefficient (Wildman–Crippen LogP) is 20.0. The van der Waals surface area contributed by atoms with Crippen LogP contribution in [0.4, 0.5) is 11.4 Å². The molecule has 0 fully saturated rings. The van der Waals surface area contributed by atoms with Gasteiger partial charge in [-0.3, -0.25) is 4.57 Å². The Bertz CT molecular complexity index is 3640. The number of benzene rings is 7. The van der Waals surface area contributed by atoms with E-state index < -0.39 is 0 Å². The Labute approximate surface area is 473 Å². The van der Waals surface area contributed by atoms with Crippen LogP contribution < -0.4 is 14.5 Å². The fraction of sp³-hybridized carbons (Fsp3) is 0.338. The number of anilines is 2. The third kappa shape index (κ3) is 10.7. The standard InChI is InChI=1S/C74H84N4O/c1-48(2)61-29-24-30-62(49(3)4)69(61)67-46-76(57-39-55(73(14,15)50-25-20-18-21-26-50)37-56(40-57)74(16,17)51-27-22-19-23-28-51)47-77(67)58-38-54(72(11,12)13)41-60(44-58)79-59-32-33-63-64-42-52(70(5,6)7)31-34-65(64)78(66(63)45-59)68-43-53(35-36-75-68)71(8,9)10/h18-46,48-49H,47H2,1-17H3. The third-order valence-corrected chi connectivity index (χ3v) is 16.9. The van der Waals surface area contributed by atoms with Crippen LogP contribution in [-0.4, -0.2) is 16.2 Å². The van der Waals surface area contributed by atoms with Crippen molar-refractivity contribution in [1.29, 1.82) is 0 Å². The van der Waals surface area contributed by atoms with Gasteiger partial charge in [0, 0.05) is 63.1 Å². The number of aromatic nitrogens is 2. The second kappa shape index (κ2) is 20.4. The van der Waals surface area contributed by atoms with Crippen molar-refractivity contribution in [1.82, 2.24) is 9.55 Å². The second-order valence-corrected chi connectivity index (χ2v) is 27.1. The van der Waals surface area contributed by atoms with Gasteiger partial charge >= 0.3 is 0 Å². The number of fused-ring (bicyclic) bond motifs is 3. The van der Waals surface area contributed by atoms with Gasteiger partial charge in [0.1, 0.15) is 17.3 Å². The Balaban J connectivity index is 1.15. The highest BCUT2D eigenvalue weighted by Gasteiger charge is 2.34. The van der Waals surface area contributed by atoms with Gasteiger partial charge in [-0.05, 0) is 139 Å². The van der Waals surface area contributed by atoms with Crippen molar-refractivity contribution in [2.75, 3.05) is 16.5 Å². The normalized spacial score (nSPS) is 13.8. The molecule has 9 aromatic rings. The molecule has 0 unspecified atom stereocenters. The minimum absolute atomic E-state index is 0.00790. The van der Waals surface area contributed by atoms with Gasteiger partial charge in [0.05, 0.1) is 23.4 Å². The van der Waals surface area contributed by atoms with E-state index in [0.717, 1.165) is 39.7 Å². The maximum Gasteiger partial charge on any atom is 0.137 e. The summed E-state index contributed by atoms with van der Waals surface area (Å²) in [6.07, 6.45) is 4.39. The molecule has 0 bridgehead atoms. The molecule has 10 rings (SSSR count). The Morgan fingerprint density at radius 2 is 0.987 bits per heavy atom. The van der Waals surface area contributed by atoms with Crippen molar-refractivity contribution in [3.05, 3.63) is 232 Å². The van der Waals surface area contributed by atoms with Gasteiger partial charge in [-0.2, -0.15) is 0 Å². The molecular formula is C74H84N4O. The number of rotatable bonds is 12. The highest BCUT2D eigenvalue weighted by molar-refractivity contribution is 6.10. The fourth-order valence-electron chi connectivity index (χ4n) is 11.6. The van der Waals surface area contributed by atoms with Crippen LogP contribution in [0.1, 0.15) is 185 Å². The summed E-state index contributed by atoms with van der Waals surface area (Å²) < 4.78 is 9.57. The van der Waals surface area contributed by atoms with Crippen LogP contribution in [-0.2, 0) is 27.1 Å². The summed E-state index contributed by atoms with van der Waals surface area (Å²) in [7, 11) is 0. The van der Waals surface area contributed by atoms with Crippen LogP contribution >= 0.6 is 0 Å².